The summed E-state index contributed by atoms with van der Waals surface area (Å²) in [4.78, 5) is 14.5. The Hall–Kier alpha value is -1.44. The average Bonchev–Trinajstić information content (AvgIpc) is 2.56. The molecule has 1 fully saturated rings. The molecule has 140 valence electrons. The number of likely N-dealkylation sites (tertiary alicyclic amines) is 1. The minimum Gasteiger partial charge on any atom is -0.338 e. The van der Waals surface area contributed by atoms with Crippen LogP contribution in [0.15, 0.2) is 23.1 Å². The summed E-state index contributed by atoms with van der Waals surface area (Å²) in [5.41, 5.74) is 7.75. The van der Waals surface area contributed by atoms with E-state index < -0.39 is 10.0 Å². The van der Waals surface area contributed by atoms with Gasteiger partial charge in [0.1, 0.15) is 0 Å². The number of rotatable bonds is 6. The first-order valence-corrected chi connectivity index (χ1v) is 10.3. The average molecular weight is 368 g/mol. The van der Waals surface area contributed by atoms with E-state index in [4.69, 9.17) is 5.73 Å². The monoisotopic (exact) mass is 367 g/mol. The highest BCUT2D eigenvalue weighted by Crippen LogP contribution is 2.22. The molecular weight excluding hydrogens is 338 g/mol. The molecule has 0 aliphatic carbocycles. The SMILES string of the molecule is Cc1ccc(S(=O)(=O)NCCC(=O)N2CCC(C)CC2CN)cc1C. The van der Waals surface area contributed by atoms with Crippen LogP contribution >= 0.6 is 0 Å². The van der Waals surface area contributed by atoms with Crippen LogP contribution in [0, 0.1) is 19.8 Å². The van der Waals surface area contributed by atoms with Gasteiger partial charge in [-0.25, -0.2) is 13.1 Å². The summed E-state index contributed by atoms with van der Waals surface area (Å²) in [5.74, 6) is 0.533. The summed E-state index contributed by atoms with van der Waals surface area (Å²) < 4.78 is 27.2. The number of aryl methyl sites for hydroxylation is 2. The number of sulfonamides is 1. The molecule has 3 N–H and O–H groups in total. The zero-order valence-electron chi connectivity index (χ0n) is 15.3. The van der Waals surface area contributed by atoms with Gasteiger partial charge < -0.3 is 10.6 Å². The molecule has 1 saturated heterocycles. The summed E-state index contributed by atoms with van der Waals surface area (Å²) in [6.07, 6.45) is 2.03. The predicted molar refractivity (Wildman–Crippen MR) is 98.7 cm³/mol. The van der Waals surface area contributed by atoms with E-state index in [1.54, 1.807) is 18.2 Å². The molecular formula is C18H29N3O3S. The van der Waals surface area contributed by atoms with Crippen LogP contribution in [0.3, 0.4) is 0 Å². The largest absolute Gasteiger partial charge is 0.338 e. The van der Waals surface area contributed by atoms with Gasteiger partial charge in [0.05, 0.1) is 4.90 Å². The van der Waals surface area contributed by atoms with Crippen molar-refractivity contribution < 1.29 is 13.2 Å². The van der Waals surface area contributed by atoms with Crippen molar-refractivity contribution in [2.75, 3.05) is 19.6 Å². The molecule has 2 atom stereocenters. The van der Waals surface area contributed by atoms with E-state index in [1.807, 2.05) is 18.7 Å². The van der Waals surface area contributed by atoms with Gasteiger partial charge in [-0.3, -0.25) is 4.79 Å². The van der Waals surface area contributed by atoms with Gasteiger partial charge in [-0.05, 0) is 55.9 Å². The molecule has 6 nitrogen and oxygen atoms in total. The second-order valence-corrected chi connectivity index (χ2v) is 8.77. The smallest absolute Gasteiger partial charge is 0.240 e. The van der Waals surface area contributed by atoms with Crippen LogP contribution in [0.5, 0.6) is 0 Å². The van der Waals surface area contributed by atoms with Crippen LogP contribution in [0.25, 0.3) is 0 Å². The molecule has 1 aliphatic heterocycles. The Morgan fingerprint density at radius 3 is 2.68 bits per heavy atom. The lowest BCUT2D eigenvalue weighted by Crippen LogP contribution is -2.49. The lowest BCUT2D eigenvalue weighted by molar-refractivity contribution is -0.135. The van der Waals surface area contributed by atoms with Crippen LogP contribution in [0.2, 0.25) is 0 Å². The van der Waals surface area contributed by atoms with Crippen molar-refractivity contribution in [2.45, 2.75) is 51.0 Å². The minimum absolute atomic E-state index is 0.0369. The van der Waals surface area contributed by atoms with Gasteiger partial charge in [0, 0.05) is 32.1 Å². The third kappa shape index (κ3) is 5.03. The van der Waals surface area contributed by atoms with Crippen molar-refractivity contribution in [3.63, 3.8) is 0 Å². The molecule has 1 amide bonds. The van der Waals surface area contributed by atoms with E-state index in [-0.39, 0.29) is 29.8 Å². The lowest BCUT2D eigenvalue weighted by atomic mass is 9.92. The molecule has 0 saturated carbocycles. The van der Waals surface area contributed by atoms with Gasteiger partial charge in [0.15, 0.2) is 0 Å². The molecule has 2 unspecified atom stereocenters. The summed E-state index contributed by atoms with van der Waals surface area (Å²) in [5, 5.41) is 0. The number of carbonyl (C=O) groups excluding carboxylic acids is 1. The highest BCUT2D eigenvalue weighted by atomic mass is 32.2. The Labute approximate surface area is 150 Å². The molecule has 25 heavy (non-hydrogen) atoms. The molecule has 1 aromatic carbocycles. The number of nitrogens with two attached hydrogens (primary N) is 1. The second kappa shape index (κ2) is 8.29. The third-order valence-corrected chi connectivity index (χ3v) is 6.45. The van der Waals surface area contributed by atoms with Crippen LogP contribution in [-0.2, 0) is 14.8 Å². The zero-order chi connectivity index (χ0) is 18.6. The normalized spacial score (nSPS) is 21.4. The van der Waals surface area contributed by atoms with E-state index in [0.717, 1.165) is 24.0 Å². The number of nitrogens with zero attached hydrogens (tertiary/aromatic N) is 1. The molecule has 0 aromatic heterocycles. The lowest BCUT2D eigenvalue weighted by Gasteiger charge is -2.38. The van der Waals surface area contributed by atoms with E-state index in [0.29, 0.717) is 19.0 Å². The molecule has 0 spiro atoms. The number of carbonyl (C=O) groups is 1. The maximum atomic E-state index is 12.4. The summed E-state index contributed by atoms with van der Waals surface area (Å²) in [6.45, 7) is 7.23. The van der Waals surface area contributed by atoms with E-state index in [9.17, 15) is 13.2 Å². The number of amides is 1. The summed E-state index contributed by atoms with van der Waals surface area (Å²) in [7, 11) is -3.60. The standard InChI is InChI=1S/C18H29N3O3S/c1-13-7-9-21(16(10-13)12-19)18(22)6-8-20-25(23,24)17-5-4-14(2)15(3)11-17/h4-5,11,13,16,20H,6-10,12,19H2,1-3H3. The fraction of sp³-hybridized carbons (Fsp3) is 0.611. The van der Waals surface area contributed by atoms with Gasteiger partial charge in [-0.15, -0.1) is 0 Å². The highest BCUT2D eigenvalue weighted by Gasteiger charge is 2.28. The summed E-state index contributed by atoms with van der Waals surface area (Å²) in [6, 6.07) is 5.09. The molecule has 1 heterocycles. The minimum atomic E-state index is -3.60. The van der Waals surface area contributed by atoms with Gasteiger partial charge in [-0.2, -0.15) is 0 Å². The molecule has 7 heteroatoms. The number of piperidine rings is 1. The van der Waals surface area contributed by atoms with Crippen LogP contribution in [0.1, 0.15) is 37.3 Å². The Morgan fingerprint density at radius 2 is 2.04 bits per heavy atom. The quantitative estimate of drug-likeness (QED) is 0.798. The first kappa shape index (κ1) is 19.9. The molecule has 0 bridgehead atoms. The Balaban J connectivity index is 1.92. The fourth-order valence-corrected chi connectivity index (χ4v) is 4.32. The van der Waals surface area contributed by atoms with Crippen molar-refractivity contribution in [3.8, 4) is 0 Å². The maximum Gasteiger partial charge on any atom is 0.240 e. The molecule has 1 aliphatic rings. The van der Waals surface area contributed by atoms with E-state index in [1.165, 1.54) is 0 Å². The van der Waals surface area contributed by atoms with Crippen LogP contribution in [0.4, 0.5) is 0 Å². The fourth-order valence-electron chi connectivity index (χ4n) is 3.20. The van der Waals surface area contributed by atoms with Crippen molar-refractivity contribution in [2.24, 2.45) is 11.7 Å². The van der Waals surface area contributed by atoms with Gasteiger partial charge in [0.2, 0.25) is 15.9 Å². The second-order valence-electron chi connectivity index (χ2n) is 7.00. The number of hydrogen-bond acceptors (Lipinski definition) is 4. The molecule has 1 aromatic rings. The number of hydrogen-bond donors (Lipinski definition) is 2. The van der Waals surface area contributed by atoms with Gasteiger partial charge in [0.25, 0.3) is 0 Å². The zero-order valence-corrected chi connectivity index (χ0v) is 16.1. The Morgan fingerprint density at radius 1 is 1.32 bits per heavy atom. The van der Waals surface area contributed by atoms with Crippen molar-refractivity contribution in [1.29, 1.82) is 0 Å². The molecule has 2 rings (SSSR count). The van der Waals surface area contributed by atoms with Crippen molar-refractivity contribution in [3.05, 3.63) is 29.3 Å². The van der Waals surface area contributed by atoms with Gasteiger partial charge >= 0.3 is 0 Å². The number of nitrogens with one attached hydrogen (secondary N) is 1. The van der Waals surface area contributed by atoms with Gasteiger partial charge in [-0.1, -0.05) is 13.0 Å². The Kier molecular flexibility index (Phi) is 6.59. The predicted octanol–water partition coefficient (Wildman–Crippen LogP) is 1.56. The highest BCUT2D eigenvalue weighted by molar-refractivity contribution is 7.89. The topological polar surface area (TPSA) is 92.5 Å². The first-order chi connectivity index (χ1) is 11.7. The summed E-state index contributed by atoms with van der Waals surface area (Å²) >= 11 is 0. The van der Waals surface area contributed by atoms with Crippen LogP contribution in [-0.4, -0.2) is 44.9 Å². The third-order valence-electron chi connectivity index (χ3n) is 4.99. The van der Waals surface area contributed by atoms with Crippen LogP contribution < -0.4 is 10.5 Å². The van der Waals surface area contributed by atoms with Crippen molar-refractivity contribution in [1.82, 2.24) is 9.62 Å². The first-order valence-electron chi connectivity index (χ1n) is 8.81. The van der Waals surface area contributed by atoms with E-state index >= 15 is 0 Å². The Bertz CT molecular complexity index is 718. The number of benzene rings is 1. The van der Waals surface area contributed by atoms with E-state index in [2.05, 4.69) is 11.6 Å². The van der Waals surface area contributed by atoms with Crippen molar-refractivity contribution >= 4 is 15.9 Å². The molecule has 0 radical (unpaired) electrons. The maximum absolute atomic E-state index is 12.4.